The van der Waals surface area contributed by atoms with Crippen molar-refractivity contribution in [3.8, 4) is 0 Å². The van der Waals surface area contributed by atoms with Gasteiger partial charge in [-0.1, -0.05) is 12.5 Å². The smallest absolute Gasteiger partial charge is 0.314 e. The van der Waals surface area contributed by atoms with Gasteiger partial charge in [0.15, 0.2) is 0 Å². The van der Waals surface area contributed by atoms with E-state index < -0.39 is 11.4 Å². The van der Waals surface area contributed by atoms with Crippen molar-refractivity contribution in [2.75, 3.05) is 7.11 Å². The fourth-order valence-corrected chi connectivity index (χ4v) is 2.43. The van der Waals surface area contributed by atoms with Crippen LogP contribution in [0.1, 0.15) is 30.4 Å². The zero-order valence-corrected chi connectivity index (χ0v) is 9.70. The van der Waals surface area contributed by atoms with Gasteiger partial charge in [-0.3, -0.25) is 4.79 Å². The Morgan fingerprint density at radius 1 is 1.53 bits per heavy atom. The van der Waals surface area contributed by atoms with Crippen molar-refractivity contribution < 1.29 is 19.0 Å². The molecule has 2 rings (SSSR count). The molecule has 4 heteroatoms. The molecular formula is C13H15FO3. The van der Waals surface area contributed by atoms with Crippen LogP contribution in [0.25, 0.3) is 0 Å². The molecule has 1 saturated carbocycles. The summed E-state index contributed by atoms with van der Waals surface area (Å²) in [5.41, 5.74) is 0.496. The highest BCUT2D eigenvalue weighted by molar-refractivity contribution is 5.83. The van der Waals surface area contributed by atoms with Crippen molar-refractivity contribution >= 4 is 5.97 Å². The summed E-state index contributed by atoms with van der Waals surface area (Å²) in [5, 5.41) is 9.36. The molecule has 0 aliphatic heterocycles. The summed E-state index contributed by atoms with van der Waals surface area (Å²) in [6, 6.07) is 4.26. The molecule has 1 aliphatic carbocycles. The summed E-state index contributed by atoms with van der Waals surface area (Å²) in [6.45, 7) is 0.238. The van der Waals surface area contributed by atoms with E-state index in [1.54, 1.807) is 6.07 Å². The summed E-state index contributed by atoms with van der Waals surface area (Å²) in [4.78, 5) is 11.4. The summed E-state index contributed by atoms with van der Waals surface area (Å²) in [5.74, 6) is -1.19. The number of carbonyl (C=O) groups is 1. The Bertz CT molecular complexity index is 438. The molecule has 0 heterocycles. The number of halogens is 1. The first-order valence-corrected chi connectivity index (χ1v) is 5.61. The predicted molar refractivity (Wildman–Crippen MR) is 60.3 cm³/mol. The molecule has 0 unspecified atom stereocenters. The van der Waals surface area contributed by atoms with Crippen LogP contribution < -0.4 is 0 Å². The van der Waals surface area contributed by atoms with E-state index in [2.05, 4.69) is 0 Å². The van der Waals surface area contributed by atoms with Crippen LogP contribution in [0.5, 0.6) is 0 Å². The Kier molecular flexibility index (Phi) is 3.15. The van der Waals surface area contributed by atoms with E-state index in [9.17, 15) is 14.3 Å². The van der Waals surface area contributed by atoms with Gasteiger partial charge in [-0.2, -0.15) is 0 Å². The Balaban J connectivity index is 2.46. The number of hydrogen-bond acceptors (Lipinski definition) is 2. The number of benzene rings is 1. The van der Waals surface area contributed by atoms with Gasteiger partial charge in [0.05, 0.1) is 12.0 Å². The molecule has 1 fully saturated rings. The quantitative estimate of drug-likeness (QED) is 0.876. The maximum absolute atomic E-state index is 13.2. The monoisotopic (exact) mass is 238 g/mol. The van der Waals surface area contributed by atoms with Gasteiger partial charge >= 0.3 is 5.97 Å². The predicted octanol–water partition coefficient (Wildman–Crippen LogP) is 2.48. The summed E-state index contributed by atoms with van der Waals surface area (Å²) in [7, 11) is 1.52. The third-order valence-electron chi connectivity index (χ3n) is 3.50. The van der Waals surface area contributed by atoms with Gasteiger partial charge in [-0.15, -0.1) is 0 Å². The zero-order chi connectivity index (χ0) is 12.5. The number of carboxylic acid groups (broad SMARTS) is 1. The minimum absolute atomic E-state index is 0.238. The molecule has 0 saturated heterocycles. The van der Waals surface area contributed by atoms with Gasteiger partial charge in [0.1, 0.15) is 5.82 Å². The van der Waals surface area contributed by atoms with E-state index in [0.29, 0.717) is 24.0 Å². The molecule has 1 N–H and O–H groups in total. The maximum Gasteiger partial charge on any atom is 0.314 e. The van der Waals surface area contributed by atoms with E-state index in [1.807, 2.05) is 0 Å². The number of aliphatic carboxylic acids is 1. The van der Waals surface area contributed by atoms with E-state index in [4.69, 9.17) is 4.74 Å². The first-order valence-electron chi connectivity index (χ1n) is 5.61. The zero-order valence-electron chi connectivity index (χ0n) is 9.70. The van der Waals surface area contributed by atoms with Gasteiger partial charge in [-0.05, 0) is 36.1 Å². The second kappa shape index (κ2) is 4.45. The van der Waals surface area contributed by atoms with Crippen LogP contribution in [-0.2, 0) is 21.6 Å². The van der Waals surface area contributed by atoms with E-state index >= 15 is 0 Å². The molecular weight excluding hydrogens is 223 g/mol. The van der Waals surface area contributed by atoms with Crippen LogP contribution in [0.15, 0.2) is 18.2 Å². The fourth-order valence-electron chi connectivity index (χ4n) is 2.43. The van der Waals surface area contributed by atoms with Crippen molar-refractivity contribution in [1.29, 1.82) is 0 Å². The lowest BCUT2D eigenvalue weighted by Gasteiger charge is -2.39. The molecule has 1 aromatic rings. The van der Waals surface area contributed by atoms with E-state index in [1.165, 1.54) is 19.2 Å². The summed E-state index contributed by atoms with van der Waals surface area (Å²) in [6.07, 6.45) is 2.13. The number of rotatable bonds is 4. The highest BCUT2D eigenvalue weighted by Crippen LogP contribution is 2.45. The molecule has 0 spiro atoms. The normalized spacial score (nSPS) is 17.5. The Hall–Kier alpha value is -1.42. The van der Waals surface area contributed by atoms with Crippen molar-refractivity contribution in [2.24, 2.45) is 0 Å². The molecule has 0 amide bonds. The molecule has 0 atom stereocenters. The largest absolute Gasteiger partial charge is 0.481 e. The summed E-state index contributed by atoms with van der Waals surface area (Å²) >= 11 is 0. The minimum atomic E-state index is -0.832. The molecule has 0 radical (unpaired) electrons. The topological polar surface area (TPSA) is 46.5 Å². The second-order valence-corrected chi connectivity index (χ2v) is 4.48. The Morgan fingerprint density at radius 3 is 2.71 bits per heavy atom. The van der Waals surface area contributed by atoms with Crippen LogP contribution in [0.4, 0.5) is 4.39 Å². The van der Waals surface area contributed by atoms with Crippen LogP contribution in [0.2, 0.25) is 0 Å². The van der Waals surface area contributed by atoms with Crippen LogP contribution >= 0.6 is 0 Å². The maximum atomic E-state index is 13.2. The highest BCUT2D eigenvalue weighted by Gasteiger charge is 2.47. The summed E-state index contributed by atoms with van der Waals surface area (Å²) < 4.78 is 18.2. The standard InChI is InChI=1S/C13H15FO3/c1-17-8-9-7-10(14)3-4-11(9)13(12(15)16)5-2-6-13/h3-4,7H,2,5-6,8H2,1H3,(H,15,16). The lowest BCUT2D eigenvalue weighted by molar-refractivity contribution is -0.147. The molecule has 1 aliphatic rings. The van der Waals surface area contributed by atoms with E-state index in [0.717, 1.165) is 6.42 Å². The first kappa shape index (κ1) is 12.0. The lowest BCUT2D eigenvalue weighted by atomic mass is 9.63. The van der Waals surface area contributed by atoms with Gasteiger partial charge in [0, 0.05) is 7.11 Å². The third-order valence-corrected chi connectivity index (χ3v) is 3.50. The third kappa shape index (κ3) is 1.93. The minimum Gasteiger partial charge on any atom is -0.481 e. The number of carboxylic acids is 1. The lowest BCUT2D eigenvalue weighted by Crippen LogP contribution is -2.43. The Labute approximate surface area is 99.2 Å². The molecule has 1 aromatic carbocycles. The van der Waals surface area contributed by atoms with Crippen LogP contribution in [0.3, 0.4) is 0 Å². The van der Waals surface area contributed by atoms with Gasteiger partial charge in [-0.25, -0.2) is 4.39 Å². The fraction of sp³-hybridized carbons (Fsp3) is 0.462. The first-order chi connectivity index (χ1) is 8.10. The number of ether oxygens (including phenoxy) is 1. The Morgan fingerprint density at radius 2 is 2.24 bits per heavy atom. The number of hydrogen-bond donors (Lipinski definition) is 1. The number of methoxy groups -OCH3 is 1. The average molecular weight is 238 g/mol. The van der Waals surface area contributed by atoms with E-state index in [-0.39, 0.29) is 12.4 Å². The van der Waals surface area contributed by atoms with Gasteiger partial charge < -0.3 is 9.84 Å². The van der Waals surface area contributed by atoms with Crippen LogP contribution in [0, 0.1) is 5.82 Å². The van der Waals surface area contributed by atoms with Gasteiger partial charge in [0.2, 0.25) is 0 Å². The molecule has 17 heavy (non-hydrogen) atoms. The van der Waals surface area contributed by atoms with Crippen molar-refractivity contribution in [3.63, 3.8) is 0 Å². The molecule has 3 nitrogen and oxygen atoms in total. The second-order valence-electron chi connectivity index (χ2n) is 4.48. The highest BCUT2D eigenvalue weighted by atomic mass is 19.1. The van der Waals surface area contributed by atoms with Gasteiger partial charge in [0.25, 0.3) is 0 Å². The van der Waals surface area contributed by atoms with Crippen molar-refractivity contribution in [1.82, 2.24) is 0 Å². The molecule has 0 bridgehead atoms. The SMILES string of the molecule is COCc1cc(F)ccc1C1(C(=O)O)CCC1. The van der Waals surface area contributed by atoms with Crippen molar-refractivity contribution in [3.05, 3.63) is 35.1 Å². The molecule has 92 valence electrons. The van der Waals surface area contributed by atoms with Crippen LogP contribution in [-0.4, -0.2) is 18.2 Å². The molecule has 0 aromatic heterocycles. The average Bonchev–Trinajstić information content (AvgIpc) is 2.19. The van der Waals surface area contributed by atoms with Crippen molar-refractivity contribution in [2.45, 2.75) is 31.3 Å².